The van der Waals surface area contributed by atoms with Gasteiger partial charge in [-0.05, 0) is 17.5 Å². The minimum Gasteiger partial charge on any atom is -0.444 e. The van der Waals surface area contributed by atoms with Crippen molar-refractivity contribution in [3.05, 3.63) is 52.3 Å². The van der Waals surface area contributed by atoms with Crippen molar-refractivity contribution in [2.75, 3.05) is 5.32 Å². The fourth-order valence-corrected chi connectivity index (χ4v) is 2.91. The largest absolute Gasteiger partial charge is 0.444 e. The van der Waals surface area contributed by atoms with E-state index in [0.717, 1.165) is 17.1 Å². The number of carbonyl (C=O) groups is 1. The summed E-state index contributed by atoms with van der Waals surface area (Å²) in [6.07, 6.45) is -2.59. The number of nitrogens with zero attached hydrogens (tertiary/aromatic N) is 2. The van der Waals surface area contributed by atoms with E-state index in [4.69, 9.17) is 16.0 Å². The van der Waals surface area contributed by atoms with Crippen LogP contribution in [0.1, 0.15) is 11.3 Å². The Morgan fingerprint density at radius 2 is 2.16 bits per heavy atom. The summed E-state index contributed by atoms with van der Waals surface area (Å²) >= 11 is 7.11. The Balaban J connectivity index is 1.71. The van der Waals surface area contributed by atoms with Crippen LogP contribution in [0.15, 0.2) is 40.5 Å². The van der Waals surface area contributed by atoms with E-state index < -0.39 is 22.7 Å². The molecule has 0 radical (unpaired) electrons. The summed E-state index contributed by atoms with van der Waals surface area (Å²) in [4.78, 5) is 20.7. The normalized spacial score (nSPS) is 11.5. The second-order valence-corrected chi connectivity index (χ2v) is 6.19. The van der Waals surface area contributed by atoms with Gasteiger partial charge in [0.05, 0.1) is 27.6 Å². The third-order valence-electron chi connectivity index (χ3n) is 3.08. The minimum absolute atomic E-state index is 0.191. The molecule has 0 aromatic carbocycles. The number of nitrogens with one attached hydrogen (secondary N) is 1. The van der Waals surface area contributed by atoms with Gasteiger partial charge >= 0.3 is 6.18 Å². The molecule has 0 aliphatic carbocycles. The van der Waals surface area contributed by atoms with Crippen LogP contribution in [0, 0.1) is 0 Å². The van der Waals surface area contributed by atoms with Crippen LogP contribution in [0.25, 0.3) is 10.8 Å². The molecule has 3 heterocycles. The van der Waals surface area contributed by atoms with Crippen LogP contribution in [0.4, 0.5) is 19.0 Å². The highest BCUT2D eigenvalue weighted by molar-refractivity contribution is 7.13. The Bertz CT molecular complexity index is 894. The maximum atomic E-state index is 12.8. The third-order valence-corrected chi connectivity index (χ3v) is 4.32. The van der Waals surface area contributed by atoms with Crippen LogP contribution in [0.5, 0.6) is 0 Å². The lowest BCUT2D eigenvalue weighted by molar-refractivity contribution is -0.137. The van der Waals surface area contributed by atoms with Gasteiger partial charge in [-0.2, -0.15) is 13.2 Å². The summed E-state index contributed by atoms with van der Waals surface area (Å²) < 4.78 is 43.7. The van der Waals surface area contributed by atoms with Crippen molar-refractivity contribution >= 4 is 34.7 Å². The highest BCUT2D eigenvalue weighted by Gasteiger charge is 2.34. The van der Waals surface area contributed by atoms with Crippen molar-refractivity contribution in [3.8, 4) is 10.8 Å². The van der Waals surface area contributed by atoms with Crippen LogP contribution in [0.2, 0.25) is 5.02 Å². The van der Waals surface area contributed by atoms with E-state index in [0.29, 0.717) is 11.6 Å². The predicted molar refractivity (Wildman–Crippen MR) is 86.4 cm³/mol. The number of thiophene rings is 1. The van der Waals surface area contributed by atoms with Gasteiger partial charge in [0.2, 0.25) is 11.8 Å². The van der Waals surface area contributed by atoms with E-state index in [2.05, 4.69) is 15.3 Å². The van der Waals surface area contributed by atoms with E-state index in [1.54, 1.807) is 0 Å². The number of oxazole rings is 1. The molecular formula is C15H9ClF3N3O2S. The van der Waals surface area contributed by atoms with E-state index in [-0.39, 0.29) is 12.2 Å². The van der Waals surface area contributed by atoms with Gasteiger partial charge in [0.15, 0.2) is 5.82 Å². The zero-order valence-corrected chi connectivity index (χ0v) is 13.9. The topological polar surface area (TPSA) is 68.0 Å². The molecule has 0 fully saturated rings. The molecule has 1 amide bonds. The molecule has 0 aliphatic heterocycles. The number of amides is 1. The van der Waals surface area contributed by atoms with Gasteiger partial charge in [-0.15, -0.1) is 11.3 Å². The summed E-state index contributed by atoms with van der Waals surface area (Å²) in [5.41, 5.74) is -0.732. The van der Waals surface area contributed by atoms with Crippen LogP contribution in [-0.4, -0.2) is 15.9 Å². The lowest BCUT2D eigenvalue weighted by atomic mass is 10.2. The number of anilines is 1. The SMILES string of the molecule is O=C(Cc1coc(-c2cccs2)n1)Nc1nccc(C(F)(F)F)c1Cl. The van der Waals surface area contributed by atoms with Crippen molar-refractivity contribution in [2.45, 2.75) is 12.6 Å². The Kier molecular flexibility index (Phi) is 4.78. The summed E-state index contributed by atoms with van der Waals surface area (Å²) in [5.74, 6) is -0.601. The first-order chi connectivity index (χ1) is 11.8. The van der Waals surface area contributed by atoms with Crippen LogP contribution >= 0.6 is 22.9 Å². The second kappa shape index (κ2) is 6.85. The van der Waals surface area contributed by atoms with Crippen molar-refractivity contribution in [3.63, 3.8) is 0 Å². The molecule has 1 N–H and O–H groups in total. The van der Waals surface area contributed by atoms with Crippen LogP contribution in [-0.2, 0) is 17.4 Å². The van der Waals surface area contributed by atoms with Crippen molar-refractivity contribution in [1.82, 2.24) is 9.97 Å². The zero-order valence-electron chi connectivity index (χ0n) is 12.3. The molecule has 5 nitrogen and oxygen atoms in total. The Labute approximate surface area is 148 Å². The van der Waals surface area contributed by atoms with E-state index >= 15 is 0 Å². The molecule has 3 aromatic heterocycles. The number of halogens is 4. The summed E-state index contributed by atoms with van der Waals surface area (Å²) in [5, 5.41) is 3.44. The Hall–Kier alpha value is -2.39. The number of pyridine rings is 1. The molecule has 130 valence electrons. The molecule has 3 aromatic rings. The van der Waals surface area contributed by atoms with Gasteiger partial charge in [0, 0.05) is 6.20 Å². The molecule has 3 rings (SSSR count). The quantitative estimate of drug-likeness (QED) is 0.707. The number of carbonyl (C=O) groups excluding carboxylic acids is 1. The molecular weight excluding hydrogens is 379 g/mol. The number of rotatable bonds is 4. The zero-order chi connectivity index (χ0) is 18.0. The lowest BCUT2D eigenvalue weighted by Crippen LogP contribution is -2.17. The van der Waals surface area contributed by atoms with Gasteiger partial charge in [-0.3, -0.25) is 4.79 Å². The molecule has 0 saturated carbocycles. The highest BCUT2D eigenvalue weighted by atomic mass is 35.5. The van der Waals surface area contributed by atoms with Crippen molar-refractivity contribution in [2.24, 2.45) is 0 Å². The molecule has 0 spiro atoms. The maximum Gasteiger partial charge on any atom is 0.418 e. The first-order valence-corrected chi connectivity index (χ1v) is 8.10. The number of hydrogen-bond acceptors (Lipinski definition) is 5. The minimum atomic E-state index is -4.64. The van der Waals surface area contributed by atoms with Crippen molar-refractivity contribution < 1.29 is 22.4 Å². The molecule has 0 atom stereocenters. The van der Waals surface area contributed by atoms with Crippen molar-refractivity contribution in [1.29, 1.82) is 0 Å². The molecule has 0 saturated heterocycles. The van der Waals surface area contributed by atoms with Gasteiger partial charge < -0.3 is 9.73 Å². The monoisotopic (exact) mass is 387 g/mol. The van der Waals surface area contributed by atoms with Gasteiger partial charge in [0.1, 0.15) is 6.26 Å². The predicted octanol–water partition coefficient (Wildman–Crippen LogP) is 4.65. The fraction of sp³-hybridized carbons (Fsp3) is 0.133. The molecule has 10 heteroatoms. The molecule has 0 unspecified atom stereocenters. The Morgan fingerprint density at radius 3 is 2.84 bits per heavy atom. The second-order valence-electron chi connectivity index (χ2n) is 4.87. The third kappa shape index (κ3) is 3.99. The molecule has 0 aliphatic rings. The first-order valence-electron chi connectivity index (χ1n) is 6.84. The average Bonchev–Trinajstić information content (AvgIpc) is 3.19. The number of aromatic nitrogens is 2. The molecule has 25 heavy (non-hydrogen) atoms. The van der Waals surface area contributed by atoms with Gasteiger partial charge in [-0.25, -0.2) is 9.97 Å². The van der Waals surface area contributed by atoms with E-state index in [9.17, 15) is 18.0 Å². The number of hydrogen-bond donors (Lipinski definition) is 1. The summed E-state index contributed by atoms with van der Waals surface area (Å²) in [6, 6.07) is 4.38. The van der Waals surface area contributed by atoms with E-state index in [1.807, 2.05) is 17.5 Å². The van der Waals surface area contributed by atoms with Gasteiger partial charge in [-0.1, -0.05) is 17.7 Å². The maximum absolute atomic E-state index is 12.8. The number of alkyl halides is 3. The fourth-order valence-electron chi connectivity index (χ4n) is 1.99. The first kappa shape index (κ1) is 17.4. The lowest BCUT2D eigenvalue weighted by Gasteiger charge is -2.11. The average molecular weight is 388 g/mol. The smallest absolute Gasteiger partial charge is 0.418 e. The van der Waals surface area contributed by atoms with Crippen LogP contribution in [0.3, 0.4) is 0 Å². The highest BCUT2D eigenvalue weighted by Crippen LogP contribution is 2.37. The molecule has 0 bridgehead atoms. The van der Waals surface area contributed by atoms with Crippen LogP contribution < -0.4 is 5.32 Å². The summed E-state index contributed by atoms with van der Waals surface area (Å²) in [7, 11) is 0. The van der Waals surface area contributed by atoms with Gasteiger partial charge in [0.25, 0.3) is 0 Å². The summed E-state index contributed by atoms with van der Waals surface area (Å²) in [6.45, 7) is 0. The van der Waals surface area contributed by atoms with E-state index in [1.165, 1.54) is 17.6 Å². The Morgan fingerprint density at radius 1 is 1.36 bits per heavy atom. The standard InChI is InChI=1S/C15H9ClF3N3O2S/c16-12-9(15(17,18)19)3-4-20-13(12)22-11(23)6-8-7-24-14(21-8)10-2-1-5-25-10/h1-5,7H,6H2,(H,20,22,23).